The van der Waals surface area contributed by atoms with Crippen LogP contribution in [0.3, 0.4) is 0 Å². The van der Waals surface area contributed by atoms with Crippen LogP contribution in [-0.2, 0) is 28.9 Å². The first kappa shape index (κ1) is 16.5. The second-order valence-electron chi connectivity index (χ2n) is 5.44. The Bertz CT molecular complexity index is 580. The summed E-state index contributed by atoms with van der Waals surface area (Å²) in [5.74, 6) is -0.00127. The van der Waals surface area contributed by atoms with Gasteiger partial charge in [-0.25, -0.2) is 9.48 Å². The Morgan fingerprint density at radius 1 is 1.23 bits per heavy atom. The van der Waals surface area contributed by atoms with E-state index in [0.29, 0.717) is 19.0 Å². The van der Waals surface area contributed by atoms with Gasteiger partial charge in [0, 0.05) is 17.7 Å². The number of carbonyl (C=O) groups excluding carboxylic acids is 1. The average Bonchev–Trinajstić information content (AvgIpc) is 2.53. The lowest BCUT2D eigenvalue weighted by atomic mass is 9.94. The Morgan fingerprint density at radius 2 is 1.95 bits per heavy atom. The smallest absolute Gasteiger partial charge is 0.344 e. The molecule has 6 nitrogen and oxygen atoms in total. The number of esters is 1. The van der Waals surface area contributed by atoms with Gasteiger partial charge in [-0.2, -0.15) is 0 Å². The average molecular weight is 308 g/mol. The first-order valence-corrected chi connectivity index (χ1v) is 8.08. The lowest BCUT2D eigenvalue weighted by Crippen LogP contribution is -2.31. The van der Waals surface area contributed by atoms with Crippen molar-refractivity contribution in [2.24, 2.45) is 0 Å². The van der Waals surface area contributed by atoms with Crippen molar-refractivity contribution in [3.63, 3.8) is 0 Å². The number of aryl methyl sites for hydroxylation is 1. The molecule has 0 radical (unpaired) electrons. The molecule has 0 unspecified atom stereocenters. The summed E-state index contributed by atoms with van der Waals surface area (Å²) in [5.41, 5.74) is 1.66. The molecule has 0 saturated carbocycles. The molecule has 1 aromatic heterocycles. The van der Waals surface area contributed by atoms with Crippen molar-refractivity contribution >= 4 is 5.97 Å². The molecule has 2 rings (SSSR count). The second-order valence-corrected chi connectivity index (χ2v) is 5.44. The number of aromatic nitrogens is 2. The predicted octanol–water partition coefficient (Wildman–Crippen LogP) is 1.86. The normalized spacial score (nSPS) is 13.5. The highest BCUT2D eigenvalue weighted by atomic mass is 16.6. The number of rotatable bonds is 7. The third-order valence-electron chi connectivity index (χ3n) is 3.79. The fourth-order valence-corrected chi connectivity index (χ4v) is 2.65. The molecule has 0 aromatic carbocycles. The van der Waals surface area contributed by atoms with Crippen molar-refractivity contribution in [3.05, 3.63) is 21.5 Å². The van der Waals surface area contributed by atoms with Gasteiger partial charge in [0.25, 0.3) is 5.56 Å². The Balaban J connectivity index is 2.26. The lowest BCUT2D eigenvalue weighted by Gasteiger charge is -2.19. The number of hydrogen-bond acceptors (Lipinski definition) is 5. The summed E-state index contributed by atoms with van der Waals surface area (Å²) in [6.45, 7) is 4.56. The molecular weight excluding hydrogens is 284 g/mol. The summed E-state index contributed by atoms with van der Waals surface area (Å²) in [4.78, 5) is 23.9. The number of unbranched alkanes of at least 4 members (excludes halogenated alkanes) is 1. The summed E-state index contributed by atoms with van der Waals surface area (Å²) in [6, 6.07) is 0. The maximum absolute atomic E-state index is 12.5. The van der Waals surface area contributed by atoms with E-state index in [-0.39, 0.29) is 12.2 Å². The van der Waals surface area contributed by atoms with Crippen LogP contribution in [0.5, 0.6) is 5.88 Å². The van der Waals surface area contributed by atoms with Crippen molar-refractivity contribution in [2.75, 3.05) is 13.2 Å². The van der Waals surface area contributed by atoms with Gasteiger partial charge >= 0.3 is 5.97 Å². The lowest BCUT2D eigenvalue weighted by molar-refractivity contribution is -0.145. The highest BCUT2D eigenvalue weighted by molar-refractivity contribution is 5.71. The molecule has 0 amide bonds. The molecule has 0 saturated heterocycles. The molecule has 0 aliphatic heterocycles. The van der Waals surface area contributed by atoms with Gasteiger partial charge in [0.2, 0.25) is 5.88 Å². The molecule has 1 aliphatic rings. The standard InChI is InChI=1S/C16H24N2O4/c1-3-5-10-18-16(20)13-9-7-6-8-12(13)15(17-18)22-11-14(19)21-4-2/h3-11H2,1-2H3. The molecule has 1 aromatic rings. The largest absolute Gasteiger partial charge is 0.464 e. The number of fused-ring (bicyclic) bond motifs is 1. The van der Waals surface area contributed by atoms with Gasteiger partial charge in [0.15, 0.2) is 6.61 Å². The quantitative estimate of drug-likeness (QED) is 0.719. The summed E-state index contributed by atoms with van der Waals surface area (Å²) in [6.07, 6.45) is 5.45. The number of ether oxygens (including phenoxy) is 2. The summed E-state index contributed by atoms with van der Waals surface area (Å²) in [7, 11) is 0. The zero-order valence-corrected chi connectivity index (χ0v) is 13.4. The Morgan fingerprint density at radius 3 is 2.64 bits per heavy atom. The Kier molecular flexibility index (Phi) is 5.98. The molecule has 1 aliphatic carbocycles. The van der Waals surface area contributed by atoms with Gasteiger partial charge in [-0.1, -0.05) is 13.3 Å². The summed E-state index contributed by atoms with van der Waals surface area (Å²) in [5, 5.41) is 4.33. The number of nitrogens with zero attached hydrogens (tertiary/aromatic N) is 2. The fourth-order valence-electron chi connectivity index (χ4n) is 2.65. The van der Waals surface area contributed by atoms with E-state index in [1.807, 2.05) is 0 Å². The van der Waals surface area contributed by atoms with Crippen LogP contribution in [0.4, 0.5) is 0 Å². The van der Waals surface area contributed by atoms with E-state index in [1.54, 1.807) is 6.92 Å². The molecule has 1 heterocycles. The Labute approximate surface area is 130 Å². The van der Waals surface area contributed by atoms with Gasteiger partial charge in [-0.15, -0.1) is 5.10 Å². The van der Waals surface area contributed by atoms with Crippen molar-refractivity contribution in [2.45, 2.75) is 58.9 Å². The van der Waals surface area contributed by atoms with Crippen LogP contribution in [-0.4, -0.2) is 29.0 Å². The van der Waals surface area contributed by atoms with Gasteiger partial charge in [-0.05, 0) is 39.0 Å². The van der Waals surface area contributed by atoms with E-state index in [2.05, 4.69) is 12.0 Å². The van der Waals surface area contributed by atoms with E-state index >= 15 is 0 Å². The van der Waals surface area contributed by atoms with Crippen LogP contribution in [0.2, 0.25) is 0 Å². The SMILES string of the molecule is CCCCn1nc(OCC(=O)OCC)c2c(c1=O)CCCC2. The third-order valence-corrected chi connectivity index (χ3v) is 3.79. The van der Waals surface area contributed by atoms with Gasteiger partial charge < -0.3 is 9.47 Å². The first-order chi connectivity index (χ1) is 10.7. The van der Waals surface area contributed by atoms with Gasteiger partial charge in [0.05, 0.1) is 6.61 Å². The fraction of sp³-hybridized carbons (Fsp3) is 0.688. The zero-order chi connectivity index (χ0) is 15.9. The molecule has 0 bridgehead atoms. The Hall–Kier alpha value is -1.85. The maximum atomic E-state index is 12.5. The van der Waals surface area contributed by atoms with Crippen molar-refractivity contribution in [1.82, 2.24) is 9.78 Å². The van der Waals surface area contributed by atoms with E-state index in [0.717, 1.165) is 49.7 Å². The van der Waals surface area contributed by atoms with Crippen molar-refractivity contribution in [1.29, 1.82) is 0 Å². The first-order valence-electron chi connectivity index (χ1n) is 8.08. The highest BCUT2D eigenvalue weighted by Crippen LogP contribution is 2.25. The van der Waals surface area contributed by atoms with Crippen molar-refractivity contribution < 1.29 is 14.3 Å². The van der Waals surface area contributed by atoms with E-state index in [4.69, 9.17) is 9.47 Å². The minimum atomic E-state index is -0.417. The van der Waals surface area contributed by atoms with E-state index < -0.39 is 5.97 Å². The molecule has 0 fully saturated rings. The molecule has 0 atom stereocenters. The minimum absolute atomic E-state index is 0.00775. The van der Waals surface area contributed by atoms with Crippen LogP contribution in [0.15, 0.2) is 4.79 Å². The second kappa shape index (κ2) is 7.96. The minimum Gasteiger partial charge on any atom is -0.464 e. The van der Waals surface area contributed by atoms with Crippen LogP contribution in [0.25, 0.3) is 0 Å². The molecule has 0 spiro atoms. The van der Waals surface area contributed by atoms with Gasteiger partial charge in [0.1, 0.15) is 0 Å². The monoisotopic (exact) mass is 308 g/mol. The molecular formula is C16H24N2O4. The van der Waals surface area contributed by atoms with E-state index in [9.17, 15) is 9.59 Å². The third kappa shape index (κ3) is 3.87. The molecule has 6 heteroatoms. The van der Waals surface area contributed by atoms with Crippen LogP contribution < -0.4 is 10.3 Å². The van der Waals surface area contributed by atoms with Gasteiger partial charge in [-0.3, -0.25) is 4.79 Å². The topological polar surface area (TPSA) is 70.4 Å². The predicted molar refractivity (Wildman–Crippen MR) is 82.2 cm³/mol. The summed E-state index contributed by atoms with van der Waals surface area (Å²) < 4.78 is 11.9. The zero-order valence-electron chi connectivity index (χ0n) is 13.4. The molecule has 0 N–H and O–H groups in total. The van der Waals surface area contributed by atoms with E-state index in [1.165, 1.54) is 4.68 Å². The number of hydrogen-bond donors (Lipinski definition) is 0. The van der Waals surface area contributed by atoms with Crippen LogP contribution in [0, 0.1) is 0 Å². The highest BCUT2D eigenvalue weighted by Gasteiger charge is 2.21. The summed E-state index contributed by atoms with van der Waals surface area (Å²) >= 11 is 0. The van der Waals surface area contributed by atoms with Crippen LogP contribution >= 0.6 is 0 Å². The number of carbonyl (C=O) groups is 1. The molecule has 22 heavy (non-hydrogen) atoms. The molecule has 122 valence electrons. The van der Waals surface area contributed by atoms with Crippen LogP contribution in [0.1, 0.15) is 50.7 Å². The van der Waals surface area contributed by atoms with Crippen molar-refractivity contribution in [3.8, 4) is 5.88 Å². The maximum Gasteiger partial charge on any atom is 0.344 e.